The number of hydrogen-bond donors (Lipinski definition) is 2. The average Bonchev–Trinajstić information content (AvgIpc) is 2.90. The Labute approximate surface area is 94.6 Å². The molecule has 1 aromatic heterocycles. The van der Waals surface area contributed by atoms with Crippen molar-refractivity contribution in [2.24, 2.45) is 0 Å². The second-order valence-electron chi connectivity index (χ2n) is 4.58. The molecule has 0 aromatic carbocycles. The van der Waals surface area contributed by atoms with E-state index in [2.05, 4.69) is 4.98 Å². The minimum absolute atomic E-state index is 0.311. The quantitative estimate of drug-likeness (QED) is 0.817. The minimum Gasteiger partial charge on any atom is -0.479 e. The molecule has 0 saturated heterocycles. The Hall–Kier alpha value is -1.29. The van der Waals surface area contributed by atoms with E-state index in [1.54, 1.807) is 0 Å². The molecule has 4 heteroatoms. The molecule has 0 aliphatic heterocycles. The topological polar surface area (TPSA) is 62.3 Å². The van der Waals surface area contributed by atoms with Gasteiger partial charge in [-0.1, -0.05) is 0 Å². The number of rotatable bonds is 4. The number of aryl methyl sites for hydroxylation is 2. The van der Waals surface area contributed by atoms with Crippen LogP contribution in [0.2, 0.25) is 0 Å². The number of aliphatic carboxylic acids is 1. The minimum atomic E-state index is -0.875. The molecule has 1 saturated carbocycles. The molecule has 1 aliphatic carbocycles. The first-order valence-electron chi connectivity index (χ1n) is 5.43. The van der Waals surface area contributed by atoms with E-state index >= 15 is 0 Å². The van der Waals surface area contributed by atoms with Crippen LogP contribution >= 0.6 is 0 Å². The van der Waals surface area contributed by atoms with Crippen LogP contribution in [0.25, 0.3) is 0 Å². The summed E-state index contributed by atoms with van der Waals surface area (Å²) in [6.07, 6.45) is 2.97. The third-order valence-corrected chi connectivity index (χ3v) is 3.52. The average molecular weight is 223 g/mol. The maximum atomic E-state index is 11.2. The molecule has 0 spiro atoms. The first-order chi connectivity index (χ1) is 7.53. The van der Waals surface area contributed by atoms with Crippen molar-refractivity contribution >= 4 is 5.97 Å². The third kappa shape index (κ3) is 1.45. The van der Waals surface area contributed by atoms with Gasteiger partial charge in [0.15, 0.2) is 6.10 Å². The van der Waals surface area contributed by atoms with Gasteiger partial charge in [0.05, 0.1) is 0 Å². The van der Waals surface area contributed by atoms with Crippen molar-refractivity contribution in [1.82, 2.24) is 4.98 Å². The summed E-state index contributed by atoms with van der Waals surface area (Å²) < 4.78 is 5.16. The molecule has 1 heterocycles. The van der Waals surface area contributed by atoms with Gasteiger partial charge >= 0.3 is 5.97 Å². The third-order valence-electron chi connectivity index (χ3n) is 3.52. The van der Waals surface area contributed by atoms with Crippen LogP contribution in [0.5, 0.6) is 0 Å². The molecule has 1 aromatic rings. The Balaban J connectivity index is 2.43. The summed E-state index contributed by atoms with van der Waals surface area (Å²) in [4.78, 5) is 14.4. The Morgan fingerprint density at radius 2 is 2.19 bits per heavy atom. The van der Waals surface area contributed by atoms with E-state index in [1.807, 2.05) is 20.0 Å². The van der Waals surface area contributed by atoms with Crippen LogP contribution in [0.1, 0.15) is 29.7 Å². The molecule has 4 nitrogen and oxygen atoms in total. The summed E-state index contributed by atoms with van der Waals surface area (Å²) in [6.45, 7) is 3.99. The first kappa shape index (κ1) is 11.2. The van der Waals surface area contributed by atoms with Crippen molar-refractivity contribution in [1.29, 1.82) is 0 Å². The summed E-state index contributed by atoms with van der Waals surface area (Å²) in [5.74, 6) is -0.875. The highest BCUT2D eigenvalue weighted by molar-refractivity contribution is 5.76. The lowest BCUT2D eigenvalue weighted by Crippen LogP contribution is -2.36. The molecule has 1 unspecified atom stereocenters. The van der Waals surface area contributed by atoms with Gasteiger partial charge in [-0.2, -0.15) is 0 Å². The van der Waals surface area contributed by atoms with Crippen LogP contribution in [0.3, 0.4) is 0 Å². The lowest BCUT2D eigenvalue weighted by atomic mass is 9.87. The van der Waals surface area contributed by atoms with E-state index in [0.717, 1.165) is 29.7 Å². The first-order valence-corrected chi connectivity index (χ1v) is 5.43. The zero-order valence-corrected chi connectivity index (χ0v) is 9.83. The highest BCUT2D eigenvalue weighted by Crippen LogP contribution is 2.54. The Morgan fingerprint density at radius 1 is 1.56 bits per heavy atom. The van der Waals surface area contributed by atoms with Gasteiger partial charge in [0.1, 0.15) is 0 Å². The number of hydrogen-bond acceptors (Lipinski definition) is 2. The van der Waals surface area contributed by atoms with E-state index in [9.17, 15) is 9.90 Å². The molecule has 88 valence electrons. The Bertz CT molecular complexity index is 398. The zero-order valence-electron chi connectivity index (χ0n) is 9.83. The SMILES string of the molecule is COC(C(=O)O)C1(c2c(C)c[nH]c2C)CC1. The summed E-state index contributed by atoms with van der Waals surface area (Å²) in [7, 11) is 1.47. The summed E-state index contributed by atoms with van der Waals surface area (Å²) in [6, 6.07) is 0. The number of carboxylic acid groups (broad SMARTS) is 1. The molecule has 1 aliphatic rings. The number of carboxylic acids is 1. The summed E-state index contributed by atoms with van der Waals surface area (Å²) in [5.41, 5.74) is 2.99. The highest BCUT2D eigenvalue weighted by atomic mass is 16.5. The lowest BCUT2D eigenvalue weighted by Gasteiger charge is -2.23. The molecule has 0 bridgehead atoms. The second kappa shape index (κ2) is 3.63. The van der Waals surface area contributed by atoms with Gasteiger partial charge in [-0.25, -0.2) is 4.79 Å². The Kier molecular flexibility index (Phi) is 2.54. The normalized spacial score (nSPS) is 19.4. The van der Waals surface area contributed by atoms with Crippen molar-refractivity contribution in [3.63, 3.8) is 0 Å². The zero-order chi connectivity index (χ0) is 11.9. The smallest absolute Gasteiger partial charge is 0.333 e. The van der Waals surface area contributed by atoms with Gasteiger partial charge in [0.25, 0.3) is 0 Å². The van der Waals surface area contributed by atoms with Gasteiger partial charge in [-0.05, 0) is 37.8 Å². The fraction of sp³-hybridized carbons (Fsp3) is 0.583. The van der Waals surface area contributed by atoms with Gasteiger partial charge in [0, 0.05) is 24.4 Å². The maximum absolute atomic E-state index is 11.2. The number of methoxy groups -OCH3 is 1. The molecule has 1 fully saturated rings. The number of carbonyl (C=O) groups is 1. The highest BCUT2D eigenvalue weighted by Gasteiger charge is 2.56. The number of ether oxygens (including phenoxy) is 1. The van der Waals surface area contributed by atoms with Crippen LogP contribution in [-0.4, -0.2) is 29.3 Å². The number of nitrogens with one attached hydrogen (secondary N) is 1. The van der Waals surface area contributed by atoms with Crippen LogP contribution in [0.4, 0.5) is 0 Å². The fourth-order valence-electron chi connectivity index (χ4n) is 2.76. The van der Waals surface area contributed by atoms with E-state index in [0.29, 0.717) is 0 Å². The Morgan fingerprint density at radius 3 is 2.50 bits per heavy atom. The van der Waals surface area contributed by atoms with E-state index in [4.69, 9.17) is 4.74 Å². The van der Waals surface area contributed by atoms with Crippen LogP contribution in [-0.2, 0) is 14.9 Å². The molecule has 0 radical (unpaired) electrons. The fourth-order valence-corrected chi connectivity index (χ4v) is 2.76. The van der Waals surface area contributed by atoms with Gasteiger partial charge < -0.3 is 14.8 Å². The van der Waals surface area contributed by atoms with Crippen molar-refractivity contribution in [2.45, 2.75) is 38.2 Å². The van der Waals surface area contributed by atoms with Gasteiger partial charge in [0.2, 0.25) is 0 Å². The van der Waals surface area contributed by atoms with Crippen molar-refractivity contribution in [3.05, 3.63) is 23.0 Å². The maximum Gasteiger partial charge on any atom is 0.333 e. The second-order valence-corrected chi connectivity index (χ2v) is 4.58. The van der Waals surface area contributed by atoms with Crippen LogP contribution in [0.15, 0.2) is 6.20 Å². The lowest BCUT2D eigenvalue weighted by molar-refractivity contribution is -0.150. The molecule has 16 heavy (non-hydrogen) atoms. The van der Waals surface area contributed by atoms with E-state index in [1.165, 1.54) is 7.11 Å². The predicted octanol–water partition coefficient (Wildman–Crippen LogP) is 1.76. The van der Waals surface area contributed by atoms with Crippen LogP contribution < -0.4 is 0 Å². The molecule has 2 rings (SSSR count). The number of aromatic nitrogens is 1. The molecular formula is C12H17NO3. The molecule has 1 atom stereocenters. The monoisotopic (exact) mass is 223 g/mol. The summed E-state index contributed by atoms with van der Waals surface area (Å²) >= 11 is 0. The van der Waals surface area contributed by atoms with Crippen LogP contribution in [0, 0.1) is 13.8 Å². The number of aromatic amines is 1. The van der Waals surface area contributed by atoms with Gasteiger partial charge in [-0.3, -0.25) is 0 Å². The standard InChI is InChI=1S/C12H17NO3/c1-7-6-13-8(2)9(7)12(4-5-12)10(16-3)11(14)15/h6,10,13H,4-5H2,1-3H3,(H,14,15). The summed E-state index contributed by atoms with van der Waals surface area (Å²) in [5, 5.41) is 9.19. The predicted molar refractivity (Wildman–Crippen MR) is 59.6 cm³/mol. The van der Waals surface area contributed by atoms with Crippen molar-refractivity contribution < 1.29 is 14.6 Å². The van der Waals surface area contributed by atoms with Crippen molar-refractivity contribution in [3.8, 4) is 0 Å². The van der Waals surface area contributed by atoms with E-state index < -0.39 is 12.1 Å². The van der Waals surface area contributed by atoms with E-state index in [-0.39, 0.29) is 5.41 Å². The van der Waals surface area contributed by atoms with Crippen molar-refractivity contribution in [2.75, 3.05) is 7.11 Å². The molecule has 0 amide bonds. The molecule has 2 N–H and O–H groups in total. The number of H-pyrrole nitrogens is 1. The van der Waals surface area contributed by atoms with Gasteiger partial charge in [-0.15, -0.1) is 0 Å². The largest absolute Gasteiger partial charge is 0.479 e. The molecular weight excluding hydrogens is 206 g/mol.